The minimum absolute atomic E-state index is 0.00429. The van der Waals surface area contributed by atoms with E-state index in [1.54, 1.807) is 11.3 Å². The van der Waals surface area contributed by atoms with Gasteiger partial charge in [-0.25, -0.2) is 0 Å². The summed E-state index contributed by atoms with van der Waals surface area (Å²) in [5, 5.41) is 7.18. The van der Waals surface area contributed by atoms with E-state index in [-0.39, 0.29) is 11.8 Å². The van der Waals surface area contributed by atoms with Crippen LogP contribution in [0.1, 0.15) is 23.1 Å². The predicted octanol–water partition coefficient (Wildman–Crippen LogP) is 3.08. The molecule has 2 amide bonds. The largest absolute Gasteiger partial charge is 0.340 e. The molecule has 0 unspecified atom stereocenters. The number of amides is 2. The number of piperazine rings is 1. The molecule has 0 radical (unpaired) electrons. The highest BCUT2D eigenvalue weighted by molar-refractivity contribution is 7.07. The number of rotatable bonds is 6. The summed E-state index contributed by atoms with van der Waals surface area (Å²) in [7, 11) is 0. The summed E-state index contributed by atoms with van der Waals surface area (Å²) < 4.78 is 0. The SMILES string of the molecule is Cc1cccc(C)c1NC(=O)CN1CCN(C(=O)CCc2ccsc2)CC1. The van der Waals surface area contributed by atoms with E-state index in [0.717, 1.165) is 36.3 Å². The third kappa shape index (κ3) is 5.40. The smallest absolute Gasteiger partial charge is 0.238 e. The van der Waals surface area contributed by atoms with Crippen molar-refractivity contribution in [3.8, 4) is 0 Å². The van der Waals surface area contributed by atoms with Crippen LogP contribution in [-0.4, -0.2) is 54.3 Å². The van der Waals surface area contributed by atoms with E-state index in [0.29, 0.717) is 26.1 Å². The highest BCUT2D eigenvalue weighted by Gasteiger charge is 2.22. The Hall–Kier alpha value is -2.18. The van der Waals surface area contributed by atoms with Crippen LogP contribution in [0, 0.1) is 13.8 Å². The molecule has 2 heterocycles. The molecular formula is C21H27N3O2S. The number of nitrogens with zero attached hydrogens (tertiary/aromatic N) is 2. The Labute approximate surface area is 165 Å². The lowest BCUT2D eigenvalue weighted by Gasteiger charge is -2.34. The summed E-state index contributed by atoms with van der Waals surface area (Å²) >= 11 is 1.67. The Kier molecular flexibility index (Phi) is 6.63. The normalized spacial score (nSPS) is 15.0. The van der Waals surface area contributed by atoms with E-state index >= 15 is 0 Å². The zero-order valence-electron chi connectivity index (χ0n) is 16.0. The van der Waals surface area contributed by atoms with Crippen LogP contribution >= 0.6 is 11.3 Å². The number of thiophene rings is 1. The van der Waals surface area contributed by atoms with Crippen LogP contribution in [0.25, 0.3) is 0 Å². The molecule has 1 fully saturated rings. The fourth-order valence-electron chi connectivity index (χ4n) is 3.39. The molecular weight excluding hydrogens is 358 g/mol. The molecule has 1 aromatic heterocycles. The van der Waals surface area contributed by atoms with Crippen LogP contribution in [0.15, 0.2) is 35.0 Å². The van der Waals surface area contributed by atoms with Gasteiger partial charge in [-0.2, -0.15) is 11.3 Å². The Bertz CT molecular complexity index is 760. The molecule has 5 nitrogen and oxygen atoms in total. The van der Waals surface area contributed by atoms with Gasteiger partial charge in [-0.15, -0.1) is 0 Å². The van der Waals surface area contributed by atoms with Gasteiger partial charge in [-0.3, -0.25) is 14.5 Å². The molecule has 1 saturated heterocycles. The van der Waals surface area contributed by atoms with Gasteiger partial charge in [-0.1, -0.05) is 18.2 Å². The summed E-state index contributed by atoms with van der Waals surface area (Å²) in [6.45, 7) is 7.24. The fraction of sp³-hybridized carbons (Fsp3) is 0.429. The third-order valence-corrected chi connectivity index (χ3v) is 5.78. The number of carbonyl (C=O) groups is 2. The average molecular weight is 386 g/mol. The maximum atomic E-state index is 12.4. The number of nitrogens with one attached hydrogen (secondary N) is 1. The van der Waals surface area contributed by atoms with Crippen molar-refractivity contribution in [2.75, 3.05) is 38.0 Å². The quantitative estimate of drug-likeness (QED) is 0.831. The van der Waals surface area contributed by atoms with E-state index in [9.17, 15) is 9.59 Å². The van der Waals surface area contributed by atoms with Crippen LogP contribution in [0.5, 0.6) is 0 Å². The second-order valence-electron chi connectivity index (χ2n) is 7.10. The van der Waals surface area contributed by atoms with Crippen molar-refractivity contribution >= 4 is 28.8 Å². The molecule has 6 heteroatoms. The van der Waals surface area contributed by atoms with Gasteiger partial charge in [0.15, 0.2) is 0 Å². The molecule has 27 heavy (non-hydrogen) atoms. The van der Waals surface area contributed by atoms with Crippen molar-refractivity contribution in [3.63, 3.8) is 0 Å². The van der Waals surface area contributed by atoms with Gasteiger partial charge in [0, 0.05) is 38.3 Å². The average Bonchev–Trinajstić information content (AvgIpc) is 3.17. The molecule has 2 aromatic rings. The monoisotopic (exact) mass is 385 g/mol. The highest BCUT2D eigenvalue weighted by atomic mass is 32.1. The van der Waals surface area contributed by atoms with Crippen molar-refractivity contribution < 1.29 is 9.59 Å². The van der Waals surface area contributed by atoms with Crippen LogP contribution < -0.4 is 5.32 Å². The zero-order chi connectivity index (χ0) is 19.2. The molecule has 144 valence electrons. The molecule has 0 spiro atoms. The second-order valence-corrected chi connectivity index (χ2v) is 7.88. The molecule has 3 rings (SSSR count). The molecule has 0 bridgehead atoms. The molecule has 1 aliphatic rings. The van der Waals surface area contributed by atoms with E-state index in [1.807, 2.05) is 42.3 Å². The van der Waals surface area contributed by atoms with Crippen molar-refractivity contribution in [3.05, 3.63) is 51.7 Å². The van der Waals surface area contributed by atoms with Gasteiger partial charge in [0.05, 0.1) is 6.54 Å². The summed E-state index contributed by atoms with van der Waals surface area (Å²) in [6.07, 6.45) is 1.37. The highest BCUT2D eigenvalue weighted by Crippen LogP contribution is 2.19. The van der Waals surface area contributed by atoms with E-state index in [1.165, 1.54) is 5.56 Å². The summed E-state index contributed by atoms with van der Waals surface area (Å²) in [4.78, 5) is 28.8. The van der Waals surface area contributed by atoms with Gasteiger partial charge in [0.1, 0.15) is 0 Å². The summed E-state index contributed by atoms with van der Waals surface area (Å²) in [5.41, 5.74) is 4.29. The van der Waals surface area contributed by atoms with Gasteiger partial charge in [0.25, 0.3) is 0 Å². The Morgan fingerprint density at radius 2 is 1.78 bits per heavy atom. The lowest BCUT2D eigenvalue weighted by molar-refractivity contribution is -0.133. The molecule has 0 atom stereocenters. The van der Waals surface area contributed by atoms with Crippen LogP contribution in [-0.2, 0) is 16.0 Å². The Balaban J connectivity index is 1.42. The first kappa shape index (κ1) is 19.6. The first-order chi connectivity index (χ1) is 13.0. The second kappa shape index (κ2) is 9.15. The molecule has 1 aromatic carbocycles. The predicted molar refractivity (Wildman–Crippen MR) is 110 cm³/mol. The van der Waals surface area contributed by atoms with Crippen molar-refractivity contribution in [2.45, 2.75) is 26.7 Å². The molecule has 1 N–H and O–H groups in total. The van der Waals surface area contributed by atoms with E-state index < -0.39 is 0 Å². The number of para-hydroxylation sites is 1. The zero-order valence-corrected chi connectivity index (χ0v) is 16.8. The number of carbonyl (C=O) groups excluding carboxylic acids is 2. The third-order valence-electron chi connectivity index (χ3n) is 5.05. The number of anilines is 1. The molecule has 1 aliphatic heterocycles. The maximum absolute atomic E-state index is 12.4. The Morgan fingerprint density at radius 3 is 2.41 bits per heavy atom. The first-order valence-corrected chi connectivity index (χ1v) is 10.3. The summed E-state index contributed by atoms with van der Waals surface area (Å²) in [5.74, 6) is 0.213. The standard InChI is InChI=1S/C21H27N3O2S/c1-16-4-3-5-17(2)21(16)22-19(25)14-23-9-11-24(12-10-23)20(26)7-6-18-8-13-27-15-18/h3-5,8,13,15H,6-7,9-12,14H2,1-2H3,(H,22,25). The van der Waals surface area contributed by atoms with Crippen molar-refractivity contribution in [2.24, 2.45) is 0 Å². The lowest BCUT2D eigenvalue weighted by Crippen LogP contribution is -2.50. The molecule has 0 aliphatic carbocycles. The first-order valence-electron chi connectivity index (χ1n) is 9.40. The van der Waals surface area contributed by atoms with Gasteiger partial charge in [-0.05, 0) is 53.8 Å². The fourth-order valence-corrected chi connectivity index (χ4v) is 4.10. The molecule has 0 saturated carbocycles. The number of benzene rings is 1. The minimum Gasteiger partial charge on any atom is -0.340 e. The number of hydrogen-bond acceptors (Lipinski definition) is 4. The Morgan fingerprint density at radius 1 is 1.07 bits per heavy atom. The van der Waals surface area contributed by atoms with Crippen LogP contribution in [0.4, 0.5) is 5.69 Å². The van der Waals surface area contributed by atoms with Gasteiger partial charge >= 0.3 is 0 Å². The maximum Gasteiger partial charge on any atom is 0.238 e. The van der Waals surface area contributed by atoms with Gasteiger partial charge in [0.2, 0.25) is 11.8 Å². The lowest BCUT2D eigenvalue weighted by atomic mass is 10.1. The van der Waals surface area contributed by atoms with E-state index in [2.05, 4.69) is 21.7 Å². The summed E-state index contributed by atoms with van der Waals surface area (Å²) in [6, 6.07) is 8.08. The van der Waals surface area contributed by atoms with Crippen LogP contribution in [0.3, 0.4) is 0 Å². The van der Waals surface area contributed by atoms with E-state index in [4.69, 9.17) is 0 Å². The number of hydrogen-bond donors (Lipinski definition) is 1. The van der Waals surface area contributed by atoms with Crippen molar-refractivity contribution in [1.82, 2.24) is 9.80 Å². The minimum atomic E-state index is 0.00429. The van der Waals surface area contributed by atoms with Crippen molar-refractivity contribution in [1.29, 1.82) is 0 Å². The number of aryl methyl sites for hydroxylation is 3. The van der Waals surface area contributed by atoms with Gasteiger partial charge < -0.3 is 10.2 Å². The van der Waals surface area contributed by atoms with Crippen LogP contribution in [0.2, 0.25) is 0 Å². The topological polar surface area (TPSA) is 52.7 Å².